The van der Waals surface area contributed by atoms with Crippen molar-refractivity contribution in [2.45, 2.75) is 64.1 Å². The molecule has 5 nitrogen and oxygen atoms in total. The highest BCUT2D eigenvalue weighted by Gasteiger charge is 2.44. The van der Waals surface area contributed by atoms with E-state index in [1.165, 1.54) is 31.2 Å². The van der Waals surface area contributed by atoms with E-state index in [-0.39, 0.29) is 11.5 Å². The molecule has 1 aliphatic carbocycles. The quantitative estimate of drug-likeness (QED) is 0.703. The summed E-state index contributed by atoms with van der Waals surface area (Å²) < 4.78 is 8.24. The molecule has 1 saturated heterocycles. The Balaban J connectivity index is 1.29. The van der Waals surface area contributed by atoms with E-state index in [4.69, 9.17) is 4.74 Å². The first-order chi connectivity index (χ1) is 13.8. The molecule has 5 heteroatoms. The topological polar surface area (TPSA) is 50.5 Å². The van der Waals surface area contributed by atoms with Crippen molar-refractivity contribution in [2.24, 2.45) is 5.41 Å². The van der Waals surface area contributed by atoms with Crippen molar-refractivity contribution in [3.63, 3.8) is 0 Å². The number of para-hydroxylation sites is 1. The molecule has 2 fully saturated rings. The maximum Gasteiger partial charge on any atom is 0.123 e. The third-order valence-electron chi connectivity index (χ3n) is 6.54. The number of aryl methyl sites for hydroxylation is 1. The normalized spacial score (nSPS) is 25.4. The smallest absolute Gasteiger partial charge is 0.123 e. The molecule has 2 atom stereocenters. The number of hydrogen-bond acceptors (Lipinski definition) is 4. The third-order valence-corrected chi connectivity index (χ3v) is 6.54. The Morgan fingerprint density at radius 2 is 2.07 bits per heavy atom. The van der Waals surface area contributed by atoms with Crippen LogP contribution >= 0.6 is 0 Å². The van der Waals surface area contributed by atoms with Gasteiger partial charge in [0.1, 0.15) is 5.75 Å². The Morgan fingerprint density at radius 1 is 1.18 bits per heavy atom. The zero-order valence-electron chi connectivity index (χ0n) is 16.8. The lowest BCUT2D eigenvalue weighted by Gasteiger charge is -2.42. The monoisotopic (exact) mass is 383 g/mol. The van der Waals surface area contributed by atoms with Crippen molar-refractivity contribution in [3.05, 3.63) is 48.5 Å². The number of aromatic nitrogens is 2. The zero-order chi connectivity index (χ0) is 19.2. The average Bonchev–Trinajstić information content (AvgIpc) is 3.34. The lowest BCUT2D eigenvalue weighted by atomic mass is 9.76. The van der Waals surface area contributed by atoms with E-state index in [1.54, 1.807) is 0 Å². The van der Waals surface area contributed by atoms with Crippen LogP contribution in [0.2, 0.25) is 0 Å². The molecule has 1 aliphatic heterocycles. The predicted molar refractivity (Wildman–Crippen MR) is 110 cm³/mol. The largest absolute Gasteiger partial charge is 0.493 e. The second kappa shape index (κ2) is 9.10. The Bertz CT molecular complexity index is 733. The lowest BCUT2D eigenvalue weighted by Crippen LogP contribution is -2.46. The number of aliphatic hydroxyl groups excluding tert-OH is 1. The number of hydrogen-bond donors (Lipinski definition) is 1. The van der Waals surface area contributed by atoms with Crippen LogP contribution in [0.4, 0.5) is 0 Å². The fourth-order valence-electron chi connectivity index (χ4n) is 5.00. The number of rotatable bonds is 8. The van der Waals surface area contributed by atoms with Crippen LogP contribution in [0.3, 0.4) is 0 Å². The van der Waals surface area contributed by atoms with Crippen LogP contribution in [0.15, 0.2) is 43.0 Å². The minimum atomic E-state index is -0.114. The Morgan fingerprint density at radius 3 is 2.89 bits per heavy atom. The summed E-state index contributed by atoms with van der Waals surface area (Å²) in [7, 11) is 0. The molecule has 1 saturated carbocycles. The van der Waals surface area contributed by atoms with Crippen LogP contribution < -0.4 is 4.74 Å². The molecule has 1 spiro atoms. The molecule has 0 radical (unpaired) electrons. The summed E-state index contributed by atoms with van der Waals surface area (Å²) in [6.45, 7) is 4.79. The minimum absolute atomic E-state index is 0.114. The van der Waals surface area contributed by atoms with Crippen molar-refractivity contribution in [1.82, 2.24) is 14.5 Å². The summed E-state index contributed by atoms with van der Waals surface area (Å²) >= 11 is 0. The van der Waals surface area contributed by atoms with Crippen molar-refractivity contribution < 1.29 is 9.84 Å². The summed E-state index contributed by atoms with van der Waals surface area (Å²) in [6.07, 6.45) is 13.4. The number of nitrogens with zero attached hydrogens (tertiary/aromatic N) is 3. The molecule has 0 amide bonds. The molecule has 2 heterocycles. The summed E-state index contributed by atoms with van der Waals surface area (Å²) in [5, 5.41) is 10.5. The van der Waals surface area contributed by atoms with E-state index >= 15 is 0 Å². The Labute approximate surface area is 168 Å². The van der Waals surface area contributed by atoms with Gasteiger partial charge in [0.15, 0.2) is 0 Å². The van der Waals surface area contributed by atoms with E-state index in [2.05, 4.69) is 38.7 Å². The van der Waals surface area contributed by atoms with E-state index < -0.39 is 0 Å². The zero-order valence-corrected chi connectivity index (χ0v) is 16.8. The highest BCUT2D eigenvalue weighted by molar-refractivity contribution is 5.33. The highest BCUT2D eigenvalue weighted by Crippen LogP contribution is 2.45. The fraction of sp³-hybridized carbons (Fsp3) is 0.609. The number of benzene rings is 1. The van der Waals surface area contributed by atoms with Crippen LogP contribution in [-0.2, 0) is 13.1 Å². The number of imidazole rings is 1. The van der Waals surface area contributed by atoms with Crippen molar-refractivity contribution in [2.75, 3.05) is 19.7 Å². The van der Waals surface area contributed by atoms with Crippen molar-refractivity contribution >= 4 is 0 Å². The maximum atomic E-state index is 10.5. The van der Waals surface area contributed by atoms with E-state index in [9.17, 15) is 5.11 Å². The van der Waals surface area contributed by atoms with Gasteiger partial charge in [-0.1, -0.05) is 24.6 Å². The standard InChI is InChI=1S/C23H33N3O2/c27-22-9-5-10-23(22)11-6-14-26(18-23)17-20-7-1-2-8-21(20)28-16-4-3-13-25-15-12-24-19-25/h1-2,7-8,12,15,19,22,27H,3-6,9-11,13-14,16-18H2/t22-,23-/m1/s1. The highest BCUT2D eigenvalue weighted by atomic mass is 16.5. The number of aliphatic hydroxyl groups is 1. The molecule has 1 N–H and O–H groups in total. The molecule has 152 valence electrons. The van der Waals surface area contributed by atoms with Gasteiger partial charge in [-0.2, -0.15) is 0 Å². The number of piperidine rings is 1. The number of likely N-dealkylation sites (tertiary alicyclic amines) is 1. The van der Waals surface area contributed by atoms with Crippen LogP contribution in [0.25, 0.3) is 0 Å². The van der Waals surface area contributed by atoms with Gasteiger partial charge in [0.2, 0.25) is 0 Å². The molecule has 28 heavy (non-hydrogen) atoms. The first-order valence-electron chi connectivity index (χ1n) is 10.8. The number of ether oxygens (including phenoxy) is 1. The maximum absolute atomic E-state index is 10.5. The molecule has 0 bridgehead atoms. The van der Waals surface area contributed by atoms with Gasteiger partial charge in [-0.25, -0.2) is 4.98 Å². The Hall–Kier alpha value is -1.85. The van der Waals surface area contributed by atoms with Gasteiger partial charge in [-0.3, -0.25) is 4.90 Å². The molecule has 1 aromatic heterocycles. The molecule has 1 aromatic carbocycles. The SMILES string of the molecule is O[C@@H]1CCC[C@]12CCCN(Cc1ccccc1OCCCCn1ccnc1)C2. The second-order valence-electron chi connectivity index (χ2n) is 8.55. The van der Waals surface area contributed by atoms with Crippen LogP contribution in [0.5, 0.6) is 5.75 Å². The van der Waals surface area contributed by atoms with E-state index in [1.807, 2.05) is 18.7 Å². The van der Waals surface area contributed by atoms with Gasteiger partial charge < -0.3 is 14.4 Å². The van der Waals surface area contributed by atoms with Gasteiger partial charge in [0.25, 0.3) is 0 Å². The van der Waals surface area contributed by atoms with Crippen molar-refractivity contribution in [3.8, 4) is 5.75 Å². The van der Waals surface area contributed by atoms with Gasteiger partial charge in [0, 0.05) is 43.0 Å². The summed E-state index contributed by atoms with van der Waals surface area (Å²) in [4.78, 5) is 6.61. The molecular weight excluding hydrogens is 350 g/mol. The molecular formula is C23H33N3O2. The Kier molecular flexibility index (Phi) is 6.33. The minimum Gasteiger partial charge on any atom is -0.493 e. The first-order valence-corrected chi connectivity index (χ1v) is 10.8. The predicted octanol–water partition coefficient (Wildman–Crippen LogP) is 3.87. The second-order valence-corrected chi connectivity index (χ2v) is 8.55. The molecule has 0 unspecified atom stereocenters. The summed E-state index contributed by atoms with van der Waals surface area (Å²) in [5.74, 6) is 1.01. The lowest BCUT2D eigenvalue weighted by molar-refractivity contribution is -0.0122. The van der Waals surface area contributed by atoms with Gasteiger partial charge in [-0.05, 0) is 51.1 Å². The van der Waals surface area contributed by atoms with Crippen molar-refractivity contribution in [1.29, 1.82) is 0 Å². The van der Waals surface area contributed by atoms with Crippen LogP contribution in [0, 0.1) is 5.41 Å². The summed E-state index contributed by atoms with van der Waals surface area (Å²) in [5.41, 5.74) is 1.41. The van der Waals surface area contributed by atoms with E-state index in [0.717, 1.165) is 57.8 Å². The molecule has 2 aromatic rings. The fourth-order valence-corrected chi connectivity index (χ4v) is 5.00. The number of unbranched alkanes of at least 4 members (excludes halogenated alkanes) is 1. The van der Waals surface area contributed by atoms with Crippen LogP contribution in [-0.4, -0.2) is 45.4 Å². The van der Waals surface area contributed by atoms with Gasteiger partial charge in [0.05, 0.1) is 19.0 Å². The van der Waals surface area contributed by atoms with E-state index in [0.29, 0.717) is 0 Å². The van der Waals surface area contributed by atoms with Gasteiger partial charge >= 0.3 is 0 Å². The van der Waals surface area contributed by atoms with Gasteiger partial charge in [-0.15, -0.1) is 0 Å². The molecule has 2 aliphatic rings. The third kappa shape index (κ3) is 4.58. The van der Waals surface area contributed by atoms with Crippen LogP contribution in [0.1, 0.15) is 50.5 Å². The average molecular weight is 384 g/mol. The summed E-state index contributed by atoms with van der Waals surface area (Å²) in [6, 6.07) is 8.44. The molecule has 4 rings (SSSR count). The first kappa shape index (κ1) is 19.5.